The standard InChI is InChI=1S/C14H21I2NO4/c1-4-11(15)14(16,9-17)8-10(13(19)21-6-3)7-12(18)20-5-2/h10-11H,4-8H2,1-3H3. The Hall–Kier alpha value is -0.110. The fourth-order valence-corrected chi connectivity index (χ4v) is 3.21. The molecule has 5 nitrogen and oxygen atoms in total. The molecule has 0 aliphatic heterocycles. The van der Waals surface area contributed by atoms with Crippen LogP contribution in [0.25, 0.3) is 0 Å². The number of halogens is 2. The average Bonchev–Trinajstić information content (AvgIpc) is 2.45. The molecule has 0 bridgehead atoms. The summed E-state index contributed by atoms with van der Waals surface area (Å²) in [5, 5.41) is 9.45. The van der Waals surface area contributed by atoms with Crippen molar-refractivity contribution in [1.82, 2.24) is 0 Å². The van der Waals surface area contributed by atoms with Crippen LogP contribution >= 0.6 is 45.2 Å². The second-order valence-corrected chi connectivity index (χ2v) is 7.94. The first-order chi connectivity index (χ1) is 9.84. The maximum Gasteiger partial charge on any atom is 0.309 e. The molecule has 21 heavy (non-hydrogen) atoms. The number of nitrogens with zero attached hydrogens (tertiary/aromatic N) is 1. The van der Waals surface area contributed by atoms with Gasteiger partial charge < -0.3 is 9.47 Å². The number of rotatable bonds is 9. The number of hydrogen-bond acceptors (Lipinski definition) is 5. The maximum atomic E-state index is 12.0. The van der Waals surface area contributed by atoms with Crippen LogP contribution in [0.15, 0.2) is 0 Å². The molecule has 120 valence electrons. The minimum Gasteiger partial charge on any atom is -0.466 e. The number of alkyl halides is 2. The van der Waals surface area contributed by atoms with Crippen LogP contribution in [0.4, 0.5) is 0 Å². The van der Waals surface area contributed by atoms with E-state index >= 15 is 0 Å². The summed E-state index contributed by atoms with van der Waals surface area (Å²) in [6, 6.07) is 2.28. The van der Waals surface area contributed by atoms with E-state index in [1.807, 2.05) is 6.92 Å². The van der Waals surface area contributed by atoms with Gasteiger partial charge in [-0.2, -0.15) is 5.26 Å². The zero-order valence-corrected chi connectivity index (χ0v) is 16.8. The Labute approximate surface area is 153 Å². The second-order valence-electron chi connectivity index (χ2n) is 4.51. The molecule has 0 aliphatic carbocycles. The Balaban J connectivity index is 5.08. The van der Waals surface area contributed by atoms with E-state index in [4.69, 9.17) is 9.47 Å². The molecule has 0 spiro atoms. The molecule has 0 aromatic rings. The lowest BCUT2D eigenvalue weighted by atomic mass is 9.90. The first-order valence-corrected chi connectivity index (χ1v) is 9.23. The highest BCUT2D eigenvalue weighted by Gasteiger charge is 2.40. The van der Waals surface area contributed by atoms with Crippen LogP contribution in [0.3, 0.4) is 0 Å². The summed E-state index contributed by atoms with van der Waals surface area (Å²) in [5.41, 5.74) is 0. The normalized spacial score (nSPS) is 16.2. The van der Waals surface area contributed by atoms with Gasteiger partial charge in [-0.1, -0.05) is 52.1 Å². The van der Waals surface area contributed by atoms with Crippen molar-refractivity contribution in [2.75, 3.05) is 13.2 Å². The molecule has 3 atom stereocenters. The van der Waals surface area contributed by atoms with Crippen molar-refractivity contribution in [3.63, 3.8) is 0 Å². The van der Waals surface area contributed by atoms with Gasteiger partial charge in [0.2, 0.25) is 0 Å². The Morgan fingerprint density at radius 1 is 1.24 bits per heavy atom. The first-order valence-electron chi connectivity index (χ1n) is 6.91. The number of hydrogen-bond donors (Lipinski definition) is 0. The van der Waals surface area contributed by atoms with Crippen LogP contribution < -0.4 is 0 Å². The quantitative estimate of drug-likeness (QED) is 0.264. The number of ether oxygens (including phenoxy) is 2. The number of carbonyl (C=O) groups is 2. The Kier molecular flexibility index (Phi) is 10.5. The van der Waals surface area contributed by atoms with Crippen molar-refractivity contribution in [2.24, 2.45) is 5.92 Å². The van der Waals surface area contributed by atoms with Crippen molar-refractivity contribution in [3.8, 4) is 6.07 Å². The van der Waals surface area contributed by atoms with Crippen molar-refractivity contribution < 1.29 is 19.1 Å². The molecule has 0 amide bonds. The Morgan fingerprint density at radius 2 is 1.81 bits per heavy atom. The molecule has 0 heterocycles. The second kappa shape index (κ2) is 10.6. The summed E-state index contributed by atoms with van der Waals surface area (Å²) in [6.07, 6.45) is 1.04. The fraction of sp³-hybridized carbons (Fsp3) is 0.786. The molecule has 0 aromatic heterocycles. The molecule has 0 aliphatic rings. The van der Waals surface area contributed by atoms with Crippen LogP contribution in [0.2, 0.25) is 0 Å². The zero-order chi connectivity index (χ0) is 16.5. The van der Waals surface area contributed by atoms with Gasteiger partial charge >= 0.3 is 11.9 Å². The van der Waals surface area contributed by atoms with Crippen LogP contribution in [-0.2, 0) is 19.1 Å². The Bertz CT molecular complexity index is 397. The predicted octanol–water partition coefficient (Wildman–Crippen LogP) is 3.42. The average molecular weight is 521 g/mol. The number of nitriles is 1. The van der Waals surface area contributed by atoms with E-state index in [-0.39, 0.29) is 30.0 Å². The summed E-state index contributed by atoms with van der Waals surface area (Å²) in [5.74, 6) is -1.53. The summed E-state index contributed by atoms with van der Waals surface area (Å²) < 4.78 is 9.30. The van der Waals surface area contributed by atoms with Crippen molar-refractivity contribution in [2.45, 2.75) is 47.4 Å². The zero-order valence-electron chi connectivity index (χ0n) is 12.5. The van der Waals surface area contributed by atoms with E-state index in [2.05, 4.69) is 51.3 Å². The molecule has 0 fully saturated rings. The van der Waals surface area contributed by atoms with Crippen LogP contribution in [0, 0.1) is 17.2 Å². The smallest absolute Gasteiger partial charge is 0.309 e. The fourth-order valence-electron chi connectivity index (χ4n) is 1.85. The third-order valence-electron chi connectivity index (χ3n) is 2.92. The van der Waals surface area contributed by atoms with Crippen LogP contribution in [0.5, 0.6) is 0 Å². The lowest BCUT2D eigenvalue weighted by molar-refractivity contribution is -0.155. The monoisotopic (exact) mass is 521 g/mol. The van der Waals surface area contributed by atoms with E-state index in [0.717, 1.165) is 6.42 Å². The van der Waals surface area contributed by atoms with Crippen molar-refractivity contribution in [1.29, 1.82) is 5.26 Å². The van der Waals surface area contributed by atoms with E-state index in [1.165, 1.54) is 0 Å². The van der Waals surface area contributed by atoms with E-state index in [9.17, 15) is 14.9 Å². The first kappa shape index (κ1) is 20.9. The minimum absolute atomic E-state index is 0.0494. The van der Waals surface area contributed by atoms with Gasteiger partial charge in [-0.15, -0.1) is 0 Å². The van der Waals surface area contributed by atoms with Gasteiger partial charge in [0.05, 0.1) is 31.6 Å². The highest BCUT2D eigenvalue weighted by Crippen LogP contribution is 2.38. The SMILES string of the molecule is CCOC(=O)CC(CC(I)(C#N)C(I)CC)C(=O)OCC. The highest BCUT2D eigenvalue weighted by molar-refractivity contribution is 14.1. The topological polar surface area (TPSA) is 76.4 Å². The number of esters is 2. The van der Waals surface area contributed by atoms with Crippen LogP contribution in [-0.4, -0.2) is 32.5 Å². The molecule has 0 N–H and O–H groups in total. The summed E-state index contributed by atoms with van der Waals surface area (Å²) in [6.45, 7) is 5.94. The third-order valence-corrected chi connectivity index (χ3v) is 7.49. The molecule has 0 radical (unpaired) electrons. The molecule has 7 heteroatoms. The van der Waals surface area contributed by atoms with Gasteiger partial charge in [0.25, 0.3) is 0 Å². The third kappa shape index (κ3) is 7.13. The minimum atomic E-state index is -0.711. The number of carbonyl (C=O) groups excluding carboxylic acids is 2. The van der Waals surface area contributed by atoms with E-state index < -0.39 is 21.3 Å². The van der Waals surface area contributed by atoms with Gasteiger partial charge in [-0.05, 0) is 26.7 Å². The van der Waals surface area contributed by atoms with Crippen molar-refractivity contribution >= 4 is 57.1 Å². The molecule has 3 unspecified atom stereocenters. The highest BCUT2D eigenvalue weighted by atomic mass is 127. The van der Waals surface area contributed by atoms with Crippen LogP contribution in [0.1, 0.15) is 40.0 Å². The maximum absolute atomic E-state index is 12.0. The van der Waals surface area contributed by atoms with Crippen molar-refractivity contribution in [3.05, 3.63) is 0 Å². The van der Waals surface area contributed by atoms with E-state index in [0.29, 0.717) is 0 Å². The molecule has 0 aromatic carbocycles. The lowest BCUT2D eigenvalue weighted by Gasteiger charge is -2.28. The summed E-state index contributed by atoms with van der Waals surface area (Å²) in [4.78, 5) is 23.7. The molecular formula is C14H21I2NO4. The molecule has 0 saturated carbocycles. The Morgan fingerprint density at radius 3 is 2.24 bits per heavy atom. The van der Waals surface area contributed by atoms with Gasteiger partial charge in [0.1, 0.15) is 3.42 Å². The summed E-state index contributed by atoms with van der Waals surface area (Å²) >= 11 is 4.30. The molecule has 0 rings (SSSR count). The van der Waals surface area contributed by atoms with Gasteiger partial charge in [-0.3, -0.25) is 9.59 Å². The van der Waals surface area contributed by atoms with Gasteiger partial charge in [0, 0.05) is 3.92 Å². The van der Waals surface area contributed by atoms with Gasteiger partial charge in [-0.25, -0.2) is 0 Å². The lowest BCUT2D eigenvalue weighted by Crippen LogP contribution is -2.36. The predicted molar refractivity (Wildman–Crippen MR) is 96.5 cm³/mol. The molecule has 0 saturated heterocycles. The summed E-state index contributed by atoms with van der Waals surface area (Å²) in [7, 11) is 0. The van der Waals surface area contributed by atoms with E-state index in [1.54, 1.807) is 13.8 Å². The molecular weight excluding hydrogens is 500 g/mol. The van der Waals surface area contributed by atoms with Gasteiger partial charge in [0.15, 0.2) is 0 Å². The largest absolute Gasteiger partial charge is 0.466 e.